The van der Waals surface area contributed by atoms with Crippen molar-refractivity contribution in [3.63, 3.8) is 0 Å². The van der Waals surface area contributed by atoms with Crippen molar-refractivity contribution in [3.05, 3.63) is 40.2 Å². The predicted octanol–water partition coefficient (Wildman–Crippen LogP) is 0.660. The topological polar surface area (TPSA) is 169 Å². The lowest BCUT2D eigenvalue weighted by atomic mass is 10.2. The van der Waals surface area contributed by atoms with Gasteiger partial charge in [-0.2, -0.15) is 0 Å². The number of hydroxylamine groups is 2. The summed E-state index contributed by atoms with van der Waals surface area (Å²) in [5.74, 6) is -1.66. The van der Waals surface area contributed by atoms with Crippen molar-refractivity contribution < 1.29 is 52.1 Å². The highest BCUT2D eigenvalue weighted by Gasteiger charge is 2.32. The van der Waals surface area contributed by atoms with E-state index in [9.17, 15) is 24.0 Å². The normalized spacial score (nSPS) is 13.1. The maximum atomic E-state index is 12.0. The molecule has 0 bridgehead atoms. The molecular formula is C27H34N2O12. The van der Waals surface area contributed by atoms with Crippen LogP contribution in [0.15, 0.2) is 33.5 Å². The number of amides is 3. The van der Waals surface area contributed by atoms with Gasteiger partial charge < -0.3 is 38.3 Å². The van der Waals surface area contributed by atoms with Crippen molar-refractivity contribution >= 4 is 34.7 Å². The van der Waals surface area contributed by atoms with E-state index in [0.29, 0.717) is 68.1 Å². The summed E-state index contributed by atoms with van der Waals surface area (Å²) < 4.78 is 32.1. The van der Waals surface area contributed by atoms with Gasteiger partial charge in [-0.25, -0.2) is 9.59 Å². The van der Waals surface area contributed by atoms with E-state index in [0.717, 1.165) is 5.39 Å². The molecule has 1 aliphatic heterocycles. The Bertz CT molecular complexity index is 1230. The Morgan fingerprint density at radius 1 is 0.854 bits per heavy atom. The first-order valence-corrected chi connectivity index (χ1v) is 13.1. The van der Waals surface area contributed by atoms with Crippen LogP contribution in [0.1, 0.15) is 24.8 Å². The van der Waals surface area contributed by atoms with E-state index >= 15 is 0 Å². The van der Waals surface area contributed by atoms with Gasteiger partial charge >= 0.3 is 11.6 Å². The molecule has 0 spiro atoms. The molecule has 14 heteroatoms. The van der Waals surface area contributed by atoms with Crippen LogP contribution in [-0.2, 0) is 43.0 Å². The van der Waals surface area contributed by atoms with Gasteiger partial charge in [-0.15, -0.1) is 5.06 Å². The summed E-state index contributed by atoms with van der Waals surface area (Å²) in [4.78, 5) is 62.7. The Morgan fingerprint density at radius 2 is 1.46 bits per heavy atom. The number of hydrogen-bond donors (Lipinski definition) is 1. The van der Waals surface area contributed by atoms with Gasteiger partial charge in [-0.3, -0.25) is 14.4 Å². The average Bonchev–Trinajstić information content (AvgIpc) is 3.26. The van der Waals surface area contributed by atoms with Crippen molar-refractivity contribution in [2.45, 2.75) is 26.2 Å². The zero-order chi connectivity index (χ0) is 29.5. The number of nitrogens with one attached hydrogen (secondary N) is 1. The molecule has 1 saturated heterocycles. The Hall–Kier alpha value is -3.85. The number of rotatable bonds is 19. The lowest BCUT2D eigenvalue weighted by molar-refractivity contribution is -0.198. The Balaban J connectivity index is 1.08. The fourth-order valence-electron chi connectivity index (χ4n) is 3.47. The second-order valence-electron chi connectivity index (χ2n) is 8.80. The molecular weight excluding hydrogens is 544 g/mol. The molecule has 224 valence electrons. The monoisotopic (exact) mass is 578 g/mol. The van der Waals surface area contributed by atoms with Gasteiger partial charge in [0.15, 0.2) is 6.61 Å². The van der Waals surface area contributed by atoms with E-state index in [2.05, 4.69) is 5.32 Å². The molecule has 1 aromatic carbocycles. The van der Waals surface area contributed by atoms with E-state index in [1.54, 1.807) is 31.2 Å². The van der Waals surface area contributed by atoms with Crippen LogP contribution >= 0.6 is 0 Å². The molecule has 1 aliphatic rings. The molecule has 0 unspecified atom stereocenters. The molecule has 3 amide bonds. The zero-order valence-electron chi connectivity index (χ0n) is 22.8. The molecule has 14 nitrogen and oxygen atoms in total. The van der Waals surface area contributed by atoms with Gasteiger partial charge in [-0.05, 0) is 25.1 Å². The van der Waals surface area contributed by atoms with Crippen LogP contribution in [0.2, 0.25) is 0 Å². The highest BCUT2D eigenvalue weighted by molar-refractivity contribution is 6.01. The molecule has 41 heavy (non-hydrogen) atoms. The molecule has 3 rings (SSSR count). The third kappa shape index (κ3) is 11.3. The van der Waals surface area contributed by atoms with E-state index in [1.807, 2.05) is 0 Å². The molecule has 0 radical (unpaired) electrons. The standard InChI is InChI=1S/C27H34N2O12/c1-19-16-20-2-3-21(17-22(20)40-27(19)34)39-18-23(30)28-7-9-36-11-13-38-15-14-37-12-10-35-8-6-26(33)41-29-24(31)4-5-25(29)32/h2-3,16-17H,4-15,18H2,1H3,(H,28,30). The number of ether oxygens (including phenoxy) is 5. The van der Waals surface area contributed by atoms with Gasteiger partial charge in [0.1, 0.15) is 11.3 Å². The minimum atomic E-state index is -0.716. The SMILES string of the molecule is Cc1cc2ccc(OCC(=O)NCCOCCOCCOCCOCCC(=O)ON3C(=O)CCC3=O)cc2oc1=O. The van der Waals surface area contributed by atoms with E-state index in [1.165, 1.54) is 0 Å². The predicted molar refractivity (Wildman–Crippen MR) is 141 cm³/mol. The van der Waals surface area contributed by atoms with Gasteiger partial charge in [0, 0.05) is 36.4 Å². The molecule has 1 fully saturated rings. The lowest BCUT2D eigenvalue weighted by Gasteiger charge is -2.12. The third-order valence-electron chi connectivity index (χ3n) is 5.59. The number of fused-ring (bicyclic) bond motifs is 1. The first-order chi connectivity index (χ1) is 19.8. The Morgan fingerprint density at radius 3 is 2.12 bits per heavy atom. The summed E-state index contributed by atoms with van der Waals surface area (Å²) in [6.45, 7) is 4.16. The van der Waals surface area contributed by atoms with Crippen molar-refractivity contribution in [2.24, 2.45) is 0 Å². The van der Waals surface area contributed by atoms with Crippen LogP contribution in [-0.4, -0.2) is 94.8 Å². The number of carbonyl (C=O) groups is 4. The second kappa shape index (κ2) is 17.1. The molecule has 0 atom stereocenters. The number of aryl methyl sites for hydroxylation is 1. The highest BCUT2D eigenvalue weighted by atomic mass is 16.7. The number of benzene rings is 1. The van der Waals surface area contributed by atoms with Gasteiger partial charge in [-0.1, -0.05) is 0 Å². The second-order valence-corrected chi connectivity index (χ2v) is 8.80. The summed E-state index contributed by atoms with van der Waals surface area (Å²) in [6.07, 6.45) is 0.00343. The van der Waals surface area contributed by atoms with Crippen LogP contribution in [0.25, 0.3) is 11.0 Å². The summed E-state index contributed by atoms with van der Waals surface area (Å²) in [5, 5.41) is 3.96. The fourth-order valence-corrected chi connectivity index (χ4v) is 3.47. The fraction of sp³-hybridized carbons (Fsp3) is 0.519. The summed E-state index contributed by atoms with van der Waals surface area (Å²) in [7, 11) is 0. The molecule has 1 N–H and O–H groups in total. The molecule has 2 heterocycles. The number of hydrogen-bond acceptors (Lipinski definition) is 12. The van der Waals surface area contributed by atoms with Crippen LogP contribution in [0.5, 0.6) is 5.75 Å². The number of imide groups is 1. The van der Waals surface area contributed by atoms with Crippen LogP contribution in [0.3, 0.4) is 0 Å². The summed E-state index contributed by atoms with van der Waals surface area (Å²) >= 11 is 0. The Kier molecular flexibility index (Phi) is 13.2. The third-order valence-corrected chi connectivity index (χ3v) is 5.59. The van der Waals surface area contributed by atoms with Crippen LogP contribution < -0.4 is 15.7 Å². The smallest absolute Gasteiger partial charge is 0.339 e. The average molecular weight is 579 g/mol. The first-order valence-electron chi connectivity index (χ1n) is 13.1. The van der Waals surface area contributed by atoms with E-state index in [-0.39, 0.29) is 45.0 Å². The highest BCUT2D eigenvalue weighted by Crippen LogP contribution is 2.20. The molecule has 0 saturated carbocycles. The molecule has 0 aliphatic carbocycles. The largest absolute Gasteiger partial charge is 0.484 e. The number of nitrogens with zero attached hydrogens (tertiary/aromatic N) is 1. The maximum absolute atomic E-state index is 12.0. The van der Waals surface area contributed by atoms with Crippen molar-refractivity contribution in [2.75, 3.05) is 66.0 Å². The quantitative estimate of drug-likeness (QED) is 0.141. The van der Waals surface area contributed by atoms with Crippen LogP contribution in [0.4, 0.5) is 0 Å². The molecule has 2 aromatic rings. The molecule has 1 aromatic heterocycles. The van der Waals surface area contributed by atoms with E-state index in [4.69, 9.17) is 32.9 Å². The number of carbonyl (C=O) groups excluding carboxylic acids is 4. The van der Waals surface area contributed by atoms with Gasteiger partial charge in [0.25, 0.3) is 17.7 Å². The summed E-state index contributed by atoms with van der Waals surface area (Å²) in [5.41, 5.74) is 0.491. The minimum Gasteiger partial charge on any atom is -0.484 e. The van der Waals surface area contributed by atoms with Crippen molar-refractivity contribution in [3.8, 4) is 5.75 Å². The van der Waals surface area contributed by atoms with Gasteiger partial charge in [0.2, 0.25) is 0 Å². The lowest BCUT2D eigenvalue weighted by Crippen LogP contribution is -2.32. The summed E-state index contributed by atoms with van der Waals surface area (Å²) in [6, 6.07) is 6.76. The van der Waals surface area contributed by atoms with Gasteiger partial charge in [0.05, 0.1) is 59.3 Å². The van der Waals surface area contributed by atoms with Crippen molar-refractivity contribution in [1.29, 1.82) is 0 Å². The van der Waals surface area contributed by atoms with E-state index < -0.39 is 23.4 Å². The Labute approximate surface area is 235 Å². The zero-order valence-corrected chi connectivity index (χ0v) is 22.8. The maximum Gasteiger partial charge on any atom is 0.339 e. The minimum absolute atomic E-state index is 0.0480. The van der Waals surface area contributed by atoms with Crippen LogP contribution in [0, 0.1) is 6.92 Å². The first kappa shape index (κ1) is 31.7. The van der Waals surface area contributed by atoms with Crippen molar-refractivity contribution in [1.82, 2.24) is 10.4 Å².